The predicted molar refractivity (Wildman–Crippen MR) is 109 cm³/mol. The van der Waals surface area contributed by atoms with Crippen molar-refractivity contribution in [2.24, 2.45) is 0 Å². The minimum absolute atomic E-state index is 0.167. The maximum Gasteiger partial charge on any atom is 0.269 e. The highest BCUT2D eigenvalue weighted by Gasteiger charge is 2.39. The first kappa shape index (κ1) is 17.1. The fourth-order valence-electron chi connectivity index (χ4n) is 5.00. The molecule has 2 aliphatic rings. The topological polar surface area (TPSA) is 46.4 Å². The van der Waals surface area contributed by atoms with E-state index in [-0.39, 0.29) is 10.6 Å². The fraction of sp³-hybridized carbons (Fsp3) is 0.250. The molecule has 0 N–H and O–H groups in total. The zero-order valence-electron chi connectivity index (χ0n) is 15.6. The third-order valence-electron chi connectivity index (χ3n) is 6.22. The highest BCUT2D eigenvalue weighted by atomic mass is 16.6. The van der Waals surface area contributed by atoms with Crippen LogP contribution >= 0.6 is 0 Å². The van der Waals surface area contributed by atoms with Crippen LogP contribution in [0.4, 0.5) is 5.69 Å². The normalized spacial score (nSPS) is 20.7. The Bertz CT molecular complexity index is 1050. The van der Waals surface area contributed by atoms with E-state index in [1.165, 1.54) is 22.3 Å². The zero-order valence-corrected chi connectivity index (χ0v) is 15.6. The van der Waals surface area contributed by atoms with Gasteiger partial charge < -0.3 is 0 Å². The first-order chi connectivity index (χ1) is 13.7. The molecule has 0 unspecified atom stereocenters. The molecule has 0 saturated carbocycles. The quantitative estimate of drug-likeness (QED) is 0.478. The molecule has 1 heterocycles. The molecule has 1 aliphatic heterocycles. The van der Waals surface area contributed by atoms with E-state index in [1.807, 2.05) is 6.07 Å². The van der Waals surface area contributed by atoms with Crippen molar-refractivity contribution < 1.29 is 4.92 Å². The summed E-state index contributed by atoms with van der Waals surface area (Å²) in [5.74, 6) is 0.369. The lowest BCUT2D eigenvalue weighted by Gasteiger charge is -2.46. The van der Waals surface area contributed by atoms with Gasteiger partial charge in [0.1, 0.15) is 0 Å². The second kappa shape index (κ2) is 6.88. The molecule has 0 fully saturated rings. The van der Waals surface area contributed by atoms with Crippen LogP contribution < -0.4 is 0 Å². The molecule has 2 atom stereocenters. The molecule has 140 valence electrons. The molecule has 28 heavy (non-hydrogen) atoms. The van der Waals surface area contributed by atoms with E-state index in [2.05, 4.69) is 53.4 Å². The Morgan fingerprint density at radius 1 is 0.929 bits per heavy atom. The minimum Gasteiger partial charge on any atom is -0.291 e. The number of hydrogen-bond donors (Lipinski definition) is 0. The van der Waals surface area contributed by atoms with E-state index in [4.69, 9.17) is 0 Å². The Hall–Kier alpha value is -2.98. The van der Waals surface area contributed by atoms with E-state index in [1.54, 1.807) is 18.2 Å². The number of fused-ring (bicyclic) bond motifs is 5. The fourth-order valence-corrected chi connectivity index (χ4v) is 5.00. The second-order valence-corrected chi connectivity index (χ2v) is 7.81. The van der Waals surface area contributed by atoms with Crippen LogP contribution in [-0.2, 0) is 19.5 Å². The van der Waals surface area contributed by atoms with Gasteiger partial charge in [-0.25, -0.2) is 0 Å². The molecule has 4 heteroatoms. The lowest BCUT2D eigenvalue weighted by molar-refractivity contribution is -0.384. The Morgan fingerprint density at radius 3 is 2.43 bits per heavy atom. The largest absolute Gasteiger partial charge is 0.291 e. The van der Waals surface area contributed by atoms with Crippen LogP contribution in [0.1, 0.15) is 40.2 Å². The smallest absolute Gasteiger partial charge is 0.269 e. The van der Waals surface area contributed by atoms with Crippen LogP contribution in [0.15, 0.2) is 72.8 Å². The number of nitrogens with zero attached hydrogens (tertiary/aromatic N) is 2. The molecular formula is C24H22N2O2. The Kier molecular flexibility index (Phi) is 4.21. The highest BCUT2D eigenvalue weighted by molar-refractivity contribution is 5.47. The average Bonchev–Trinajstić information content (AvgIpc) is 2.73. The van der Waals surface area contributed by atoms with Crippen molar-refractivity contribution in [2.45, 2.75) is 37.9 Å². The van der Waals surface area contributed by atoms with E-state index in [9.17, 15) is 10.1 Å². The summed E-state index contributed by atoms with van der Waals surface area (Å²) in [5, 5.41) is 11.2. The number of nitro groups is 1. The van der Waals surface area contributed by atoms with Crippen molar-refractivity contribution in [2.75, 3.05) is 0 Å². The molecule has 0 saturated heterocycles. The first-order valence-electron chi connectivity index (χ1n) is 9.84. The van der Waals surface area contributed by atoms with Crippen LogP contribution in [0.2, 0.25) is 0 Å². The molecule has 0 bridgehead atoms. The van der Waals surface area contributed by atoms with Gasteiger partial charge >= 0.3 is 0 Å². The monoisotopic (exact) mass is 370 g/mol. The molecule has 5 rings (SSSR count). The molecule has 0 radical (unpaired) electrons. The predicted octanol–water partition coefficient (Wildman–Crippen LogP) is 5.06. The summed E-state index contributed by atoms with van der Waals surface area (Å²) >= 11 is 0. The number of aryl methyl sites for hydroxylation is 1. The van der Waals surface area contributed by atoms with E-state index < -0.39 is 0 Å². The van der Waals surface area contributed by atoms with Crippen molar-refractivity contribution in [3.8, 4) is 0 Å². The zero-order chi connectivity index (χ0) is 19.1. The van der Waals surface area contributed by atoms with Gasteiger partial charge in [-0.05, 0) is 40.7 Å². The van der Waals surface area contributed by atoms with Crippen molar-refractivity contribution in [3.63, 3.8) is 0 Å². The average molecular weight is 370 g/mol. The lowest BCUT2D eigenvalue weighted by atomic mass is 9.71. The molecule has 1 aliphatic carbocycles. The van der Waals surface area contributed by atoms with E-state index in [0.29, 0.717) is 12.0 Å². The van der Waals surface area contributed by atoms with Crippen LogP contribution in [-0.4, -0.2) is 15.9 Å². The first-order valence-corrected chi connectivity index (χ1v) is 9.84. The summed E-state index contributed by atoms with van der Waals surface area (Å²) in [5.41, 5.74) is 6.87. The van der Waals surface area contributed by atoms with Crippen molar-refractivity contribution in [1.82, 2.24) is 4.90 Å². The van der Waals surface area contributed by atoms with Crippen LogP contribution in [0, 0.1) is 10.1 Å². The van der Waals surface area contributed by atoms with Gasteiger partial charge in [0.25, 0.3) is 5.69 Å². The van der Waals surface area contributed by atoms with Gasteiger partial charge in [0, 0.05) is 37.2 Å². The number of rotatable bonds is 3. The molecule has 3 aromatic rings. The summed E-state index contributed by atoms with van der Waals surface area (Å²) in [6.07, 6.45) is 2.20. The number of benzene rings is 3. The Balaban J connectivity index is 1.55. The minimum atomic E-state index is -0.311. The van der Waals surface area contributed by atoms with E-state index >= 15 is 0 Å². The summed E-state index contributed by atoms with van der Waals surface area (Å²) in [7, 11) is 0. The Morgan fingerprint density at radius 2 is 1.64 bits per heavy atom. The van der Waals surface area contributed by atoms with Gasteiger partial charge in [0.15, 0.2) is 0 Å². The third-order valence-corrected chi connectivity index (χ3v) is 6.22. The lowest BCUT2D eigenvalue weighted by Crippen LogP contribution is -2.45. The summed E-state index contributed by atoms with van der Waals surface area (Å²) in [4.78, 5) is 13.4. The van der Waals surface area contributed by atoms with Gasteiger partial charge in [0.2, 0.25) is 0 Å². The molecule has 3 aromatic carbocycles. The maximum atomic E-state index is 11.2. The molecule has 4 nitrogen and oxygen atoms in total. The second-order valence-electron chi connectivity index (χ2n) is 7.81. The third kappa shape index (κ3) is 2.90. The van der Waals surface area contributed by atoms with Crippen molar-refractivity contribution >= 4 is 5.69 Å². The molecular weight excluding hydrogens is 348 g/mol. The van der Waals surface area contributed by atoms with Crippen LogP contribution in [0.3, 0.4) is 0 Å². The SMILES string of the molecule is O=[N+]([O-])c1cccc(CN2Cc3ccccc3[C@@H]3c4ccccc4CC[C@@H]32)c1. The summed E-state index contributed by atoms with van der Waals surface area (Å²) in [6, 6.07) is 25.1. The van der Waals surface area contributed by atoms with Gasteiger partial charge in [0.05, 0.1) is 4.92 Å². The van der Waals surface area contributed by atoms with Crippen LogP contribution in [0.25, 0.3) is 0 Å². The Labute approximate surface area is 164 Å². The standard InChI is InChI=1S/C24H22N2O2/c27-26(28)20-9-5-6-17(14-20)15-25-16-19-8-2-4-11-22(19)24-21-10-3-1-7-18(21)12-13-23(24)25/h1-11,14,23-24H,12-13,15-16H2/t23-,24-/m0/s1. The molecule has 0 amide bonds. The van der Waals surface area contributed by atoms with Gasteiger partial charge in [-0.1, -0.05) is 60.7 Å². The van der Waals surface area contributed by atoms with E-state index in [0.717, 1.165) is 31.5 Å². The van der Waals surface area contributed by atoms with Gasteiger partial charge in [-0.2, -0.15) is 0 Å². The number of hydrogen-bond acceptors (Lipinski definition) is 3. The van der Waals surface area contributed by atoms with Gasteiger partial charge in [-0.3, -0.25) is 15.0 Å². The summed E-state index contributed by atoms with van der Waals surface area (Å²) in [6.45, 7) is 1.63. The van der Waals surface area contributed by atoms with Gasteiger partial charge in [-0.15, -0.1) is 0 Å². The van der Waals surface area contributed by atoms with Crippen molar-refractivity contribution in [1.29, 1.82) is 0 Å². The molecule has 0 aromatic heterocycles. The highest BCUT2D eigenvalue weighted by Crippen LogP contribution is 2.44. The maximum absolute atomic E-state index is 11.2. The summed E-state index contributed by atoms with van der Waals surface area (Å²) < 4.78 is 0. The molecule has 0 spiro atoms. The number of nitro benzene ring substituents is 1. The van der Waals surface area contributed by atoms with Crippen molar-refractivity contribution in [3.05, 3.63) is 111 Å². The number of non-ortho nitro benzene ring substituents is 1. The van der Waals surface area contributed by atoms with Crippen LogP contribution in [0.5, 0.6) is 0 Å².